The highest BCUT2D eigenvalue weighted by atomic mass is 19.4. The second-order valence-corrected chi connectivity index (χ2v) is 3.26. The molecule has 0 aliphatic rings. The van der Waals surface area contributed by atoms with Crippen LogP contribution in [0.5, 0.6) is 5.88 Å². The van der Waals surface area contributed by atoms with Gasteiger partial charge in [0.15, 0.2) is 6.61 Å². The molecule has 1 heterocycles. The normalized spacial score (nSPS) is 10.8. The lowest BCUT2D eigenvalue weighted by Gasteiger charge is -2.11. The van der Waals surface area contributed by atoms with E-state index in [0.717, 1.165) is 0 Å². The highest BCUT2D eigenvalue weighted by molar-refractivity contribution is 5.96. The molecule has 0 aromatic carbocycles. The molecule has 0 bridgehead atoms. The molecule has 98 valence electrons. The summed E-state index contributed by atoms with van der Waals surface area (Å²) in [4.78, 5) is 15.2. The molecular weight excluding hydrogens is 249 g/mol. The Bertz CT molecular complexity index is 433. The summed E-state index contributed by atoms with van der Waals surface area (Å²) in [5.41, 5.74) is -0.0522. The Morgan fingerprint density at radius 3 is 2.89 bits per heavy atom. The Morgan fingerprint density at radius 1 is 1.56 bits per heavy atom. The van der Waals surface area contributed by atoms with Crippen molar-refractivity contribution in [2.24, 2.45) is 0 Å². The van der Waals surface area contributed by atoms with Crippen LogP contribution in [0.25, 0.3) is 0 Å². The van der Waals surface area contributed by atoms with Crippen molar-refractivity contribution >= 4 is 5.91 Å². The molecule has 0 aliphatic heterocycles. The largest absolute Gasteiger partial charge is 0.467 e. The summed E-state index contributed by atoms with van der Waals surface area (Å²) >= 11 is 0. The number of alkyl halides is 3. The highest BCUT2D eigenvalue weighted by Gasteiger charge is 2.29. The summed E-state index contributed by atoms with van der Waals surface area (Å²) in [5.74, 6) is -0.920. The van der Waals surface area contributed by atoms with Gasteiger partial charge in [-0.3, -0.25) is 4.79 Å². The minimum Gasteiger partial charge on any atom is -0.467 e. The van der Waals surface area contributed by atoms with Gasteiger partial charge in [-0.25, -0.2) is 4.98 Å². The molecule has 7 heteroatoms. The molecule has 1 aromatic rings. The summed E-state index contributed by atoms with van der Waals surface area (Å²) < 4.78 is 40.5. The summed E-state index contributed by atoms with van der Waals surface area (Å²) in [7, 11) is 0. The van der Waals surface area contributed by atoms with E-state index in [4.69, 9.17) is 0 Å². The lowest BCUT2D eigenvalue weighted by molar-refractivity contribution is -0.154. The predicted molar refractivity (Wildman–Crippen MR) is 58.3 cm³/mol. The van der Waals surface area contributed by atoms with Gasteiger partial charge < -0.3 is 10.1 Å². The van der Waals surface area contributed by atoms with E-state index in [1.165, 1.54) is 24.4 Å². The molecule has 0 radical (unpaired) electrons. The number of hydrogen-bond donors (Lipinski definition) is 1. The van der Waals surface area contributed by atoms with Crippen LogP contribution in [0.3, 0.4) is 0 Å². The van der Waals surface area contributed by atoms with Gasteiger partial charge in [-0.2, -0.15) is 13.2 Å². The number of carbonyl (C=O) groups excluding carboxylic acids is 1. The smallest absolute Gasteiger partial charge is 0.422 e. The van der Waals surface area contributed by atoms with Crippen LogP contribution in [0.15, 0.2) is 31.0 Å². The molecule has 0 saturated carbocycles. The van der Waals surface area contributed by atoms with Gasteiger partial charge in [0.2, 0.25) is 5.88 Å². The van der Waals surface area contributed by atoms with Crippen molar-refractivity contribution in [3.63, 3.8) is 0 Å². The Balaban J connectivity index is 2.79. The standard InChI is InChI=1S/C11H11F3N2O2/c1-2-5-15-9(17)8-4-3-6-16-10(8)18-7-11(12,13)14/h2-4,6H,1,5,7H2,(H,15,17). The zero-order valence-corrected chi connectivity index (χ0v) is 9.33. The molecule has 1 aromatic heterocycles. The number of nitrogens with one attached hydrogen (secondary N) is 1. The minimum absolute atomic E-state index is 0.0522. The molecule has 0 saturated heterocycles. The molecule has 0 atom stereocenters. The number of nitrogens with zero attached hydrogens (tertiary/aromatic N) is 1. The number of aromatic nitrogens is 1. The highest BCUT2D eigenvalue weighted by Crippen LogP contribution is 2.19. The SMILES string of the molecule is C=CCNC(=O)c1cccnc1OCC(F)(F)F. The van der Waals surface area contributed by atoms with Crippen LogP contribution in [-0.4, -0.2) is 30.2 Å². The molecule has 0 fully saturated rings. The maximum absolute atomic E-state index is 12.0. The maximum atomic E-state index is 12.0. The second-order valence-electron chi connectivity index (χ2n) is 3.26. The summed E-state index contributed by atoms with van der Waals surface area (Å²) in [6.07, 6.45) is -1.78. The Kier molecular flexibility index (Phi) is 4.70. The molecule has 18 heavy (non-hydrogen) atoms. The number of ether oxygens (including phenoxy) is 1. The van der Waals surface area contributed by atoms with Crippen molar-refractivity contribution in [3.8, 4) is 5.88 Å². The zero-order chi connectivity index (χ0) is 13.6. The first-order valence-corrected chi connectivity index (χ1v) is 4.97. The molecule has 4 nitrogen and oxygen atoms in total. The Labute approximate surface area is 101 Å². The van der Waals surface area contributed by atoms with Crippen molar-refractivity contribution in [2.75, 3.05) is 13.2 Å². The van der Waals surface area contributed by atoms with E-state index in [9.17, 15) is 18.0 Å². The second kappa shape index (κ2) is 6.04. The van der Waals surface area contributed by atoms with Crippen molar-refractivity contribution in [3.05, 3.63) is 36.5 Å². The van der Waals surface area contributed by atoms with Gasteiger partial charge in [0.25, 0.3) is 5.91 Å². The number of carbonyl (C=O) groups is 1. The van der Waals surface area contributed by atoms with Gasteiger partial charge in [0, 0.05) is 12.7 Å². The minimum atomic E-state index is -4.48. The van der Waals surface area contributed by atoms with Gasteiger partial charge in [-0.1, -0.05) is 6.08 Å². The van der Waals surface area contributed by atoms with Crippen molar-refractivity contribution in [2.45, 2.75) is 6.18 Å². The van der Waals surface area contributed by atoms with Gasteiger partial charge in [-0.05, 0) is 12.1 Å². The maximum Gasteiger partial charge on any atom is 0.422 e. The van der Waals surface area contributed by atoms with E-state index in [0.29, 0.717) is 0 Å². The van der Waals surface area contributed by atoms with Crippen molar-refractivity contribution < 1.29 is 22.7 Å². The summed E-state index contributed by atoms with van der Waals surface area (Å²) in [6, 6.07) is 2.76. The fourth-order valence-electron chi connectivity index (χ4n) is 1.09. The molecule has 1 N–H and O–H groups in total. The van der Waals surface area contributed by atoms with Crippen LogP contribution in [0.1, 0.15) is 10.4 Å². The third-order valence-electron chi connectivity index (χ3n) is 1.80. The first-order valence-electron chi connectivity index (χ1n) is 4.97. The fraction of sp³-hybridized carbons (Fsp3) is 0.273. The molecule has 1 amide bonds. The van der Waals surface area contributed by atoms with E-state index in [2.05, 4.69) is 21.6 Å². The first kappa shape index (κ1) is 14.0. The van der Waals surface area contributed by atoms with E-state index in [-0.39, 0.29) is 18.0 Å². The topological polar surface area (TPSA) is 51.2 Å². The lowest BCUT2D eigenvalue weighted by atomic mass is 10.2. The van der Waals surface area contributed by atoms with Crippen LogP contribution in [-0.2, 0) is 0 Å². The quantitative estimate of drug-likeness (QED) is 0.823. The van der Waals surface area contributed by atoms with Gasteiger partial charge >= 0.3 is 6.18 Å². The molecule has 0 aliphatic carbocycles. The predicted octanol–water partition coefficient (Wildman–Crippen LogP) is 1.94. The molecule has 1 rings (SSSR count). The monoisotopic (exact) mass is 260 g/mol. The van der Waals surface area contributed by atoms with Crippen LogP contribution in [0.2, 0.25) is 0 Å². The van der Waals surface area contributed by atoms with Crippen LogP contribution < -0.4 is 10.1 Å². The van der Waals surface area contributed by atoms with E-state index in [1.54, 1.807) is 0 Å². The number of halogens is 3. The first-order chi connectivity index (χ1) is 8.44. The van der Waals surface area contributed by atoms with E-state index in [1.807, 2.05) is 0 Å². The van der Waals surface area contributed by atoms with Crippen molar-refractivity contribution in [1.29, 1.82) is 0 Å². The molecular formula is C11H11F3N2O2. The van der Waals surface area contributed by atoms with Gasteiger partial charge in [0.05, 0.1) is 0 Å². The number of hydrogen-bond acceptors (Lipinski definition) is 3. The Morgan fingerprint density at radius 2 is 2.28 bits per heavy atom. The number of rotatable bonds is 5. The third kappa shape index (κ3) is 4.44. The van der Waals surface area contributed by atoms with Crippen LogP contribution in [0.4, 0.5) is 13.2 Å². The number of pyridine rings is 1. The van der Waals surface area contributed by atoms with Crippen LogP contribution in [0, 0.1) is 0 Å². The number of amides is 1. The summed E-state index contributed by atoms with van der Waals surface area (Å²) in [6.45, 7) is 2.11. The van der Waals surface area contributed by atoms with E-state index < -0.39 is 18.7 Å². The third-order valence-corrected chi connectivity index (χ3v) is 1.80. The average Bonchev–Trinajstić information content (AvgIpc) is 2.33. The fourth-order valence-corrected chi connectivity index (χ4v) is 1.09. The van der Waals surface area contributed by atoms with Crippen LogP contribution >= 0.6 is 0 Å². The average molecular weight is 260 g/mol. The molecule has 0 unspecified atom stereocenters. The van der Waals surface area contributed by atoms with Gasteiger partial charge in [0.1, 0.15) is 5.56 Å². The zero-order valence-electron chi connectivity index (χ0n) is 9.33. The summed E-state index contributed by atoms with van der Waals surface area (Å²) in [5, 5.41) is 2.43. The lowest BCUT2D eigenvalue weighted by Crippen LogP contribution is -2.25. The van der Waals surface area contributed by atoms with Gasteiger partial charge in [-0.15, -0.1) is 6.58 Å². The Hall–Kier alpha value is -2.05. The van der Waals surface area contributed by atoms with E-state index >= 15 is 0 Å². The van der Waals surface area contributed by atoms with Crippen molar-refractivity contribution in [1.82, 2.24) is 10.3 Å². The molecule has 0 spiro atoms.